The standard InChI is InChI=1S/C14H15N3O4/c1-20-12-4-8(7-18)2-3-11(12)21-13-5-9(14(16)19)10(15)6-17-13/h2-6,18H,7,15H2,1H3,(H2,16,19). The van der Waals surface area contributed by atoms with Gasteiger partial charge in [-0.1, -0.05) is 6.07 Å². The molecule has 0 spiro atoms. The Balaban J connectivity index is 2.34. The highest BCUT2D eigenvalue weighted by Gasteiger charge is 2.12. The average molecular weight is 289 g/mol. The Labute approximate surface area is 121 Å². The predicted molar refractivity (Wildman–Crippen MR) is 76.2 cm³/mol. The zero-order chi connectivity index (χ0) is 15.4. The monoisotopic (exact) mass is 289 g/mol. The number of aliphatic hydroxyl groups is 1. The fraction of sp³-hybridized carbons (Fsp3) is 0.143. The van der Waals surface area contributed by atoms with Crippen LogP contribution in [-0.4, -0.2) is 23.1 Å². The molecular formula is C14H15N3O4. The third-order valence-electron chi connectivity index (χ3n) is 2.80. The molecule has 0 radical (unpaired) electrons. The topological polar surface area (TPSA) is 121 Å². The van der Waals surface area contributed by atoms with Crippen molar-refractivity contribution >= 4 is 11.6 Å². The first-order valence-corrected chi connectivity index (χ1v) is 6.06. The number of benzene rings is 1. The van der Waals surface area contributed by atoms with Gasteiger partial charge < -0.3 is 26.0 Å². The molecule has 110 valence electrons. The van der Waals surface area contributed by atoms with E-state index in [2.05, 4.69) is 4.98 Å². The molecule has 2 aromatic rings. The summed E-state index contributed by atoms with van der Waals surface area (Å²) in [4.78, 5) is 15.2. The lowest BCUT2D eigenvalue weighted by Gasteiger charge is -2.11. The van der Waals surface area contributed by atoms with Gasteiger partial charge in [0, 0.05) is 6.07 Å². The van der Waals surface area contributed by atoms with Crippen molar-refractivity contribution in [2.75, 3.05) is 12.8 Å². The second-order valence-electron chi connectivity index (χ2n) is 4.22. The van der Waals surface area contributed by atoms with E-state index in [9.17, 15) is 4.79 Å². The van der Waals surface area contributed by atoms with Crippen LogP contribution in [0.1, 0.15) is 15.9 Å². The van der Waals surface area contributed by atoms with Crippen molar-refractivity contribution in [3.63, 3.8) is 0 Å². The van der Waals surface area contributed by atoms with E-state index in [4.69, 9.17) is 26.0 Å². The molecule has 0 aliphatic heterocycles. The summed E-state index contributed by atoms with van der Waals surface area (Å²) >= 11 is 0. The number of anilines is 1. The Hall–Kier alpha value is -2.80. The van der Waals surface area contributed by atoms with Crippen molar-refractivity contribution in [1.82, 2.24) is 4.98 Å². The van der Waals surface area contributed by atoms with Crippen molar-refractivity contribution < 1.29 is 19.4 Å². The largest absolute Gasteiger partial charge is 0.493 e. The summed E-state index contributed by atoms with van der Waals surface area (Å²) < 4.78 is 10.7. The first kappa shape index (κ1) is 14.6. The normalized spacial score (nSPS) is 10.2. The summed E-state index contributed by atoms with van der Waals surface area (Å²) in [5, 5.41) is 9.09. The summed E-state index contributed by atoms with van der Waals surface area (Å²) in [5.74, 6) is 0.318. The summed E-state index contributed by atoms with van der Waals surface area (Å²) in [7, 11) is 1.48. The maximum absolute atomic E-state index is 11.2. The number of methoxy groups -OCH3 is 1. The van der Waals surface area contributed by atoms with Gasteiger partial charge in [-0.2, -0.15) is 0 Å². The van der Waals surface area contributed by atoms with Crippen molar-refractivity contribution in [3.05, 3.63) is 41.6 Å². The first-order chi connectivity index (χ1) is 10.0. The van der Waals surface area contributed by atoms with Crippen LogP contribution in [-0.2, 0) is 6.61 Å². The number of nitrogens with zero attached hydrogens (tertiary/aromatic N) is 1. The molecule has 0 saturated carbocycles. The Morgan fingerprint density at radius 1 is 1.33 bits per heavy atom. The van der Waals surface area contributed by atoms with E-state index in [1.54, 1.807) is 18.2 Å². The van der Waals surface area contributed by atoms with Crippen molar-refractivity contribution in [3.8, 4) is 17.4 Å². The van der Waals surface area contributed by atoms with Crippen molar-refractivity contribution in [1.29, 1.82) is 0 Å². The molecule has 0 saturated heterocycles. The number of aliphatic hydroxyl groups excluding tert-OH is 1. The number of nitrogens with two attached hydrogens (primary N) is 2. The van der Waals surface area contributed by atoms with E-state index in [0.717, 1.165) is 0 Å². The van der Waals surface area contributed by atoms with Crippen molar-refractivity contribution in [2.45, 2.75) is 6.61 Å². The Morgan fingerprint density at radius 3 is 2.71 bits per heavy atom. The lowest BCUT2D eigenvalue weighted by atomic mass is 10.2. The van der Waals surface area contributed by atoms with Crippen LogP contribution >= 0.6 is 0 Å². The summed E-state index contributed by atoms with van der Waals surface area (Å²) in [6, 6.07) is 6.31. The number of primary amides is 1. The number of carbonyl (C=O) groups is 1. The quantitative estimate of drug-likeness (QED) is 0.756. The SMILES string of the molecule is COc1cc(CO)ccc1Oc1cc(C(N)=O)c(N)cn1. The van der Waals surface area contributed by atoms with Gasteiger partial charge in [-0.25, -0.2) is 4.98 Å². The highest BCUT2D eigenvalue weighted by atomic mass is 16.5. The zero-order valence-corrected chi connectivity index (χ0v) is 11.4. The van der Waals surface area contributed by atoms with Crippen LogP contribution in [0.5, 0.6) is 17.4 Å². The number of rotatable bonds is 5. The molecule has 5 N–H and O–H groups in total. The number of hydrogen-bond donors (Lipinski definition) is 3. The summed E-state index contributed by atoms with van der Waals surface area (Å²) in [6.45, 7) is -0.109. The van der Waals surface area contributed by atoms with Gasteiger partial charge in [0.05, 0.1) is 31.2 Å². The molecule has 0 aliphatic rings. The predicted octanol–water partition coefficient (Wildman–Crippen LogP) is 1.06. The van der Waals surface area contributed by atoms with E-state index in [-0.39, 0.29) is 23.7 Å². The van der Waals surface area contributed by atoms with Crippen LogP contribution in [0.15, 0.2) is 30.5 Å². The van der Waals surface area contributed by atoms with Gasteiger partial charge in [-0.3, -0.25) is 4.79 Å². The van der Waals surface area contributed by atoms with Gasteiger partial charge >= 0.3 is 0 Å². The van der Waals surface area contributed by atoms with E-state index >= 15 is 0 Å². The molecule has 1 aromatic heterocycles. The molecule has 21 heavy (non-hydrogen) atoms. The van der Waals surface area contributed by atoms with Gasteiger partial charge in [0.2, 0.25) is 5.88 Å². The number of hydrogen-bond acceptors (Lipinski definition) is 6. The van der Waals surface area contributed by atoms with E-state index < -0.39 is 5.91 Å². The van der Waals surface area contributed by atoms with Crippen LogP contribution in [0.25, 0.3) is 0 Å². The highest BCUT2D eigenvalue weighted by molar-refractivity contribution is 5.98. The Bertz CT molecular complexity index is 673. The second-order valence-corrected chi connectivity index (χ2v) is 4.22. The summed E-state index contributed by atoms with van der Waals surface area (Å²) in [6.07, 6.45) is 1.30. The molecule has 0 fully saturated rings. The molecule has 1 aromatic carbocycles. The minimum Gasteiger partial charge on any atom is -0.493 e. The van der Waals surface area contributed by atoms with Crippen LogP contribution in [0, 0.1) is 0 Å². The third-order valence-corrected chi connectivity index (χ3v) is 2.80. The average Bonchev–Trinajstić information content (AvgIpc) is 2.49. The minimum atomic E-state index is -0.664. The smallest absolute Gasteiger partial charge is 0.251 e. The van der Waals surface area contributed by atoms with E-state index in [0.29, 0.717) is 17.1 Å². The number of pyridine rings is 1. The molecular weight excluding hydrogens is 274 g/mol. The molecule has 0 bridgehead atoms. The number of aromatic nitrogens is 1. The highest BCUT2D eigenvalue weighted by Crippen LogP contribution is 2.32. The van der Waals surface area contributed by atoms with E-state index in [1.807, 2.05) is 0 Å². The second kappa shape index (κ2) is 6.10. The van der Waals surface area contributed by atoms with Gasteiger partial charge in [0.1, 0.15) is 0 Å². The van der Waals surface area contributed by atoms with Gasteiger partial charge in [0.15, 0.2) is 11.5 Å². The minimum absolute atomic E-state index is 0.109. The van der Waals surface area contributed by atoms with Crippen LogP contribution in [0.4, 0.5) is 5.69 Å². The van der Waals surface area contributed by atoms with Gasteiger partial charge in [-0.15, -0.1) is 0 Å². The lowest BCUT2D eigenvalue weighted by molar-refractivity contribution is 0.100. The van der Waals surface area contributed by atoms with Gasteiger partial charge in [-0.05, 0) is 17.7 Å². The van der Waals surface area contributed by atoms with Crippen molar-refractivity contribution in [2.24, 2.45) is 5.73 Å². The number of carbonyl (C=O) groups excluding carboxylic acids is 1. The van der Waals surface area contributed by atoms with Crippen LogP contribution < -0.4 is 20.9 Å². The first-order valence-electron chi connectivity index (χ1n) is 6.06. The molecule has 7 heteroatoms. The fourth-order valence-electron chi connectivity index (χ4n) is 1.72. The lowest BCUT2D eigenvalue weighted by Crippen LogP contribution is -2.13. The molecule has 1 amide bonds. The van der Waals surface area contributed by atoms with E-state index in [1.165, 1.54) is 19.4 Å². The Morgan fingerprint density at radius 2 is 2.10 bits per heavy atom. The summed E-state index contributed by atoms with van der Waals surface area (Å²) in [5.41, 5.74) is 11.8. The molecule has 0 atom stereocenters. The fourth-order valence-corrected chi connectivity index (χ4v) is 1.72. The number of amides is 1. The van der Waals surface area contributed by atoms with Crippen LogP contribution in [0.2, 0.25) is 0 Å². The molecule has 7 nitrogen and oxygen atoms in total. The van der Waals surface area contributed by atoms with Crippen LogP contribution in [0.3, 0.4) is 0 Å². The maximum Gasteiger partial charge on any atom is 0.251 e. The Kier molecular flexibility index (Phi) is 4.24. The molecule has 0 unspecified atom stereocenters. The molecule has 0 aliphatic carbocycles. The van der Waals surface area contributed by atoms with Gasteiger partial charge in [0.25, 0.3) is 5.91 Å². The molecule has 2 rings (SSSR count). The number of nitrogen functional groups attached to an aromatic ring is 1. The molecule has 1 heterocycles. The maximum atomic E-state index is 11.2. The third kappa shape index (κ3) is 3.21. The zero-order valence-electron chi connectivity index (χ0n) is 11.4. The number of ether oxygens (including phenoxy) is 2.